The first-order chi connectivity index (χ1) is 4.89. The van der Waals surface area contributed by atoms with Crippen molar-refractivity contribution in [2.45, 2.75) is 38.6 Å². The predicted octanol–water partition coefficient (Wildman–Crippen LogP) is 1.64. The van der Waals surface area contributed by atoms with Gasteiger partial charge in [0.15, 0.2) is 0 Å². The monoisotopic (exact) mass is 150 g/mol. The minimum Gasteiger partial charge on any atom is -0.435 e. The fourth-order valence-corrected chi connectivity index (χ4v) is 1.46. The van der Waals surface area contributed by atoms with E-state index in [1.807, 2.05) is 5.98 Å². The van der Waals surface area contributed by atoms with Crippen molar-refractivity contribution in [3.63, 3.8) is 0 Å². The van der Waals surface area contributed by atoms with Crippen LogP contribution in [0, 0.1) is 0 Å². The Labute approximate surface area is 70.5 Å². The van der Waals surface area contributed by atoms with Gasteiger partial charge in [-0.15, -0.1) is 12.6 Å². The van der Waals surface area contributed by atoms with Gasteiger partial charge in [0.1, 0.15) is 7.17 Å². The van der Waals surface area contributed by atoms with Crippen LogP contribution in [-0.4, -0.2) is 19.6 Å². The lowest BCUT2D eigenvalue weighted by Gasteiger charge is -2.34. The summed E-state index contributed by atoms with van der Waals surface area (Å²) >= 11 is 0. The molecule has 0 aromatic rings. The molecule has 0 saturated carbocycles. The molecule has 0 N–H and O–H groups in total. The van der Waals surface area contributed by atoms with E-state index in [0.717, 1.165) is 7.17 Å². The molecule has 1 aliphatic rings. The van der Waals surface area contributed by atoms with Gasteiger partial charge in [-0.05, 0) is 19.2 Å². The molecule has 0 aromatic heterocycles. The molecule has 11 heavy (non-hydrogen) atoms. The van der Waals surface area contributed by atoms with Crippen molar-refractivity contribution < 1.29 is 4.65 Å². The molecule has 1 nitrogen and oxygen atoms in total. The molecule has 0 aromatic carbocycles. The van der Waals surface area contributed by atoms with Crippen molar-refractivity contribution in [1.29, 1.82) is 0 Å². The summed E-state index contributed by atoms with van der Waals surface area (Å²) in [6.07, 6.45) is 0. The van der Waals surface area contributed by atoms with Crippen LogP contribution < -0.4 is 0 Å². The topological polar surface area (TPSA) is 9.23 Å². The van der Waals surface area contributed by atoms with Crippen LogP contribution in [0.15, 0.2) is 12.6 Å². The molecule has 0 bridgehead atoms. The fraction of sp³-hybridized carbons (Fsp3) is 0.750. The van der Waals surface area contributed by atoms with Crippen molar-refractivity contribution in [3.05, 3.63) is 12.6 Å². The molecule has 0 spiro atoms. The molecule has 3 heteroatoms. The summed E-state index contributed by atoms with van der Waals surface area (Å²) < 4.78 is 5.80. The summed E-state index contributed by atoms with van der Waals surface area (Å²) in [5, 5.41) is 0.270. The smallest absolute Gasteiger partial charge is 0.276 e. The lowest BCUT2D eigenvalue weighted by atomic mass is 9.25. The Hall–Kier alpha value is -0.170. The Morgan fingerprint density at radius 1 is 1.36 bits per heavy atom. The highest BCUT2D eigenvalue weighted by molar-refractivity contribution is 7.14. The van der Waals surface area contributed by atoms with E-state index in [2.05, 4.69) is 34.3 Å². The maximum atomic E-state index is 5.80. The first-order valence-electron chi connectivity index (χ1n) is 4.19. The molecule has 0 aliphatic carbocycles. The minimum absolute atomic E-state index is 0.00808. The van der Waals surface area contributed by atoms with Crippen molar-refractivity contribution in [2.24, 2.45) is 0 Å². The van der Waals surface area contributed by atoms with E-state index in [4.69, 9.17) is 4.65 Å². The third-order valence-corrected chi connectivity index (χ3v) is 3.05. The van der Waals surface area contributed by atoms with E-state index in [9.17, 15) is 0 Å². The molecule has 0 atom stereocenters. The van der Waals surface area contributed by atoms with Crippen LogP contribution in [-0.2, 0) is 4.65 Å². The molecule has 1 aliphatic heterocycles. The van der Waals surface area contributed by atoms with E-state index in [1.165, 1.54) is 0 Å². The van der Waals surface area contributed by atoms with Gasteiger partial charge in [0.05, 0.1) is 0 Å². The molecule has 0 amide bonds. The molecule has 1 rings (SSSR count). The quantitative estimate of drug-likeness (QED) is 0.516. The van der Waals surface area contributed by atoms with Gasteiger partial charge in [-0.3, -0.25) is 0 Å². The second-order valence-electron chi connectivity index (χ2n) is 4.49. The van der Waals surface area contributed by atoms with Crippen LogP contribution in [0.25, 0.3) is 0 Å². The first-order valence-corrected chi connectivity index (χ1v) is 4.19. The summed E-state index contributed by atoms with van der Waals surface area (Å²) in [6.45, 7) is 12.8. The van der Waals surface area contributed by atoms with E-state index in [-0.39, 0.29) is 17.7 Å². The molecular formula is C8H16B2O. The van der Waals surface area contributed by atoms with E-state index < -0.39 is 0 Å². The maximum absolute atomic E-state index is 5.80. The molecule has 1 saturated heterocycles. The largest absolute Gasteiger partial charge is 0.435 e. The number of rotatable bonds is 1. The van der Waals surface area contributed by atoms with Crippen molar-refractivity contribution in [1.82, 2.24) is 0 Å². The van der Waals surface area contributed by atoms with Gasteiger partial charge in [-0.25, -0.2) is 0 Å². The molecule has 1 heterocycles. The van der Waals surface area contributed by atoms with Gasteiger partial charge in [-0.1, -0.05) is 13.8 Å². The highest BCUT2D eigenvalue weighted by atomic mass is 16.5. The Morgan fingerprint density at radius 3 is 2.09 bits per heavy atom. The zero-order valence-electron chi connectivity index (χ0n) is 7.98. The summed E-state index contributed by atoms with van der Waals surface area (Å²) in [4.78, 5) is 0. The summed E-state index contributed by atoms with van der Waals surface area (Å²) in [6, 6.07) is 0. The lowest BCUT2D eigenvalue weighted by Crippen LogP contribution is -2.31. The van der Waals surface area contributed by atoms with Gasteiger partial charge in [0, 0.05) is 5.60 Å². The fourth-order valence-electron chi connectivity index (χ4n) is 1.46. The lowest BCUT2D eigenvalue weighted by molar-refractivity contribution is 0.0878. The summed E-state index contributed by atoms with van der Waals surface area (Å²) in [5.74, 6) is 1.90. The molecular weight excluding hydrogens is 134 g/mol. The van der Waals surface area contributed by atoms with Crippen LogP contribution in [0.5, 0.6) is 0 Å². The standard InChI is InChI=1S/C8H16B2O/c1-6-10-9-7(2,3)8(4,5)11-10/h6,9H,1H2,2-5H3. The van der Waals surface area contributed by atoms with Gasteiger partial charge >= 0.3 is 0 Å². The van der Waals surface area contributed by atoms with Crippen LogP contribution in [0.2, 0.25) is 5.31 Å². The van der Waals surface area contributed by atoms with Crippen molar-refractivity contribution >= 4 is 14.0 Å². The van der Waals surface area contributed by atoms with Gasteiger partial charge < -0.3 is 4.65 Å². The van der Waals surface area contributed by atoms with Crippen LogP contribution in [0.4, 0.5) is 0 Å². The average molecular weight is 150 g/mol. The Bertz CT molecular complexity index is 159. The molecule has 60 valence electrons. The Morgan fingerprint density at radius 2 is 1.91 bits per heavy atom. The summed E-state index contributed by atoms with van der Waals surface area (Å²) in [7, 11) is 1.09. The molecule has 0 radical (unpaired) electrons. The van der Waals surface area contributed by atoms with E-state index in [0.29, 0.717) is 0 Å². The van der Waals surface area contributed by atoms with Crippen molar-refractivity contribution in [3.8, 4) is 0 Å². The van der Waals surface area contributed by atoms with Gasteiger partial charge in [0.25, 0.3) is 6.81 Å². The molecule has 1 fully saturated rings. The van der Waals surface area contributed by atoms with Gasteiger partial charge in [-0.2, -0.15) is 0 Å². The van der Waals surface area contributed by atoms with Gasteiger partial charge in [0.2, 0.25) is 0 Å². The normalized spacial score (nSPS) is 26.4. The maximum Gasteiger partial charge on any atom is 0.276 e. The van der Waals surface area contributed by atoms with Crippen LogP contribution >= 0.6 is 0 Å². The second kappa shape index (κ2) is 2.41. The zero-order valence-corrected chi connectivity index (χ0v) is 7.98. The van der Waals surface area contributed by atoms with Crippen LogP contribution in [0.3, 0.4) is 0 Å². The summed E-state index contributed by atoms with van der Waals surface area (Å²) in [5.41, 5.74) is -0.00808. The molecule has 0 unspecified atom stereocenters. The highest BCUT2D eigenvalue weighted by Crippen LogP contribution is 2.45. The first kappa shape index (κ1) is 8.92. The number of hydrogen-bond donors (Lipinski definition) is 0. The minimum atomic E-state index is -0.00808. The van der Waals surface area contributed by atoms with Crippen molar-refractivity contribution in [2.75, 3.05) is 0 Å². The highest BCUT2D eigenvalue weighted by Gasteiger charge is 2.48. The third kappa shape index (κ3) is 1.39. The van der Waals surface area contributed by atoms with E-state index >= 15 is 0 Å². The second-order valence-corrected chi connectivity index (χ2v) is 4.49. The Balaban J connectivity index is 2.79. The Kier molecular flexibility index (Phi) is 1.96. The number of hydrogen-bond acceptors (Lipinski definition) is 1. The SMILES string of the molecule is C=CB1BC(C)(C)C(C)(C)O1. The third-order valence-electron chi connectivity index (χ3n) is 3.05. The predicted molar refractivity (Wildman–Crippen MR) is 52.3 cm³/mol. The zero-order chi connectivity index (χ0) is 8.70. The van der Waals surface area contributed by atoms with E-state index in [1.54, 1.807) is 0 Å². The van der Waals surface area contributed by atoms with Crippen LogP contribution in [0.1, 0.15) is 27.7 Å². The average Bonchev–Trinajstić information content (AvgIpc) is 2.03.